The molecular weight excluding hydrogens is 529 g/mol. The van der Waals surface area contributed by atoms with Gasteiger partial charge in [0.25, 0.3) is 5.88 Å². The number of ether oxygens (including phenoxy) is 2. The van der Waals surface area contributed by atoms with Gasteiger partial charge in [0, 0.05) is 43.9 Å². The molecule has 2 aliphatic heterocycles. The third-order valence-electron chi connectivity index (χ3n) is 7.92. The summed E-state index contributed by atoms with van der Waals surface area (Å²) in [5.41, 5.74) is 2.53. The van der Waals surface area contributed by atoms with Crippen molar-refractivity contribution >= 4 is 34.1 Å². The molecule has 12 nitrogen and oxygen atoms in total. The van der Waals surface area contributed by atoms with Crippen LogP contribution < -0.4 is 20.7 Å². The zero-order chi connectivity index (χ0) is 28.5. The van der Waals surface area contributed by atoms with E-state index in [2.05, 4.69) is 40.9 Å². The van der Waals surface area contributed by atoms with E-state index in [1.807, 2.05) is 18.2 Å². The number of para-hydroxylation sites is 1. The quantitative estimate of drug-likeness (QED) is 0.255. The van der Waals surface area contributed by atoms with E-state index in [0.29, 0.717) is 40.8 Å². The minimum Gasteiger partial charge on any atom is -0.478 e. The van der Waals surface area contributed by atoms with Gasteiger partial charge in [-0.15, -0.1) is 5.10 Å². The van der Waals surface area contributed by atoms with Crippen LogP contribution in [0.4, 0.5) is 21.7 Å². The fourth-order valence-electron chi connectivity index (χ4n) is 5.90. The molecule has 2 aliphatic rings. The first-order valence-corrected chi connectivity index (χ1v) is 13.7. The van der Waals surface area contributed by atoms with Crippen LogP contribution in [0, 0.1) is 5.82 Å². The molecule has 0 saturated carbocycles. The number of likely N-dealkylation sites (tertiary alicyclic amines) is 1. The number of piperidine rings is 1. The van der Waals surface area contributed by atoms with Crippen LogP contribution in [-0.2, 0) is 16.6 Å². The third kappa shape index (κ3) is 5.35. The molecule has 4 N–H and O–H groups in total. The van der Waals surface area contributed by atoms with Crippen molar-refractivity contribution in [2.75, 3.05) is 44.5 Å². The highest BCUT2D eigenvalue weighted by Gasteiger charge is 2.41. The largest absolute Gasteiger partial charge is 0.478 e. The number of anilines is 3. The number of halogens is 1. The summed E-state index contributed by atoms with van der Waals surface area (Å²) >= 11 is 0. The molecule has 1 amide bonds. The van der Waals surface area contributed by atoms with E-state index in [1.54, 1.807) is 31.2 Å². The maximum absolute atomic E-state index is 15.1. The number of fused-ring (bicyclic) bond motifs is 1. The molecule has 0 radical (unpaired) electrons. The lowest BCUT2D eigenvalue weighted by Gasteiger charge is -2.35. The van der Waals surface area contributed by atoms with Crippen molar-refractivity contribution in [1.82, 2.24) is 34.9 Å². The van der Waals surface area contributed by atoms with E-state index in [-0.39, 0.29) is 29.7 Å². The number of methoxy groups -OCH3 is 2. The molecule has 2 atom stereocenters. The van der Waals surface area contributed by atoms with Crippen LogP contribution in [0.1, 0.15) is 19.3 Å². The van der Waals surface area contributed by atoms with Crippen molar-refractivity contribution in [1.29, 1.82) is 0 Å². The number of amides is 1. The van der Waals surface area contributed by atoms with Gasteiger partial charge in [0.1, 0.15) is 11.4 Å². The summed E-state index contributed by atoms with van der Waals surface area (Å²) in [6.45, 7) is 2.64. The zero-order valence-corrected chi connectivity index (χ0v) is 23.3. The third-order valence-corrected chi connectivity index (χ3v) is 7.92. The smallest absolute Gasteiger partial charge is 0.256 e. The lowest BCUT2D eigenvalue weighted by Crippen LogP contribution is -2.49. The molecular formula is C28H34FN9O3. The second-order valence-corrected chi connectivity index (χ2v) is 10.4. The SMILES string of the molecule is COc1nn(C)cc1Nc1ncc(F)c(-c2c[nH]c3c(NC(=O)C4C[C@H](OC)CN4C4CCNCC4)cccc23)n1. The summed E-state index contributed by atoms with van der Waals surface area (Å²) in [6, 6.07) is 5.61. The molecule has 2 fully saturated rings. The van der Waals surface area contributed by atoms with Gasteiger partial charge >= 0.3 is 0 Å². The fraction of sp³-hybridized carbons (Fsp3) is 0.429. The second kappa shape index (κ2) is 11.4. The predicted molar refractivity (Wildman–Crippen MR) is 153 cm³/mol. The minimum atomic E-state index is -0.571. The Morgan fingerprint density at radius 1 is 1.20 bits per heavy atom. The number of rotatable bonds is 8. The summed E-state index contributed by atoms with van der Waals surface area (Å²) < 4.78 is 27.6. The number of carbonyl (C=O) groups is 1. The number of carbonyl (C=O) groups excluding carboxylic acids is 1. The van der Waals surface area contributed by atoms with Crippen LogP contribution in [0.5, 0.6) is 5.88 Å². The molecule has 2 saturated heterocycles. The Hall–Kier alpha value is -4.07. The van der Waals surface area contributed by atoms with Crippen molar-refractivity contribution < 1.29 is 18.7 Å². The van der Waals surface area contributed by atoms with E-state index >= 15 is 4.39 Å². The Morgan fingerprint density at radius 2 is 2.02 bits per heavy atom. The summed E-state index contributed by atoms with van der Waals surface area (Å²) in [6.07, 6.45) is 7.20. The number of H-pyrrole nitrogens is 1. The molecule has 4 aromatic rings. The van der Waals surface area contributed by atoms with E-state index in [0.717, 1.165) is 44.1 Å². The van der Waals surface area contributed by atoms with Gasteiger partial charge in [-0.25, -0.2) is 14.4 Å². The van der Waals surface area contributed by atoms with Crippen LogP contribution in [0.3, 0.4) is 0 Å². The highest BCUT2D eigenvalue weighted by atomic mass is 19.1. The Kier molecular flexibility index (Phi) is 7.56. The first-order valence-electron chi connectivity index (χ1n) is 13.7. The van der Waals surface area contributed by atoms with Gasteiger partial charge in [0.15, 0.2) is 5.82 Å². The summed E-state index contributed by atoms with van der Waals surface area (Å²) in [5.74, 6) is -0.0826. The topological polar surface area (TPSA) is 134 Å². The van der Waals surface area contributed by atoms with E-state index in [4.69, 9.17) is 9.47 Å². The molecule has 5 heterocycles. The van der Waals surface area contributed by atoms with E-state index in [9.17, 15) is 4.79 Å². The highest BCUT2D eigenvalue weighted by molar-refractivity contribution is 6.06. The van der Waals surface area contributed by atoms with Crippen molar-refractivity contribution in [2.24, 2.45) is 7.05 Å². The van der Waals surface area contributed by atoms with Gasteiger partial charge in [-0.2, -0.15) is 0 Å². The summed E-state index contributed by atoms with van der Waals surface area (Å²) in [4.78, 5) is 27.7. The number of aryl methyl sites for hydroxylation is 1. The summed E-state index contributed by atoms with van der Waals surface area (Å²) in [7, 11) is 4.98. The maximum atomic E-state index is 15.1. The molecule has 216 valence electrons. The van der Waals surface area contributed by atoms with Crippen LogP contribution in [0.2, 0.25) is 0 Å². The Morgan fingerprint density at radius 3 is 2.80 bits per heavy atom. The molecule has 0 aliphatic carbocycles. The monoisotopic (exact) mass is 563 g/mol. The van der Waals surface area contributed by atoms with Crippen LogP contribution in [-0.4, -0.2) is 87.6 Å². The molecule has 13 heteroatoms. The Bertz CT molecular complexity index is 1550. The van der Waals surface area contributed by atoms with Gasteiger partial charge in [0.2, 0.25) is 11.9 Å². The normalized spacial score (nSPS) is 20.0. The predicted octanol–water partition coefficient (Wildman–Crippen LogP) is 3.03. The van der Waals surface area contributed by atoms with E-state index < -0.39 is 5.82 Å². The number of benzene rings is 1. The average molecular weight is 564 g/mol. The second-order valence-electron chi connectivity index (χ2n) is 10.4. The molecule has 1 unspecified atom stereocenters. The standard InChI is InChI=1S/C28H34FN9O3/c1-37-15-22(27(36-37)41-3)34-28-32-13-20(29)24(35-28)19-12-31-25-18(19)5-4-6-21(25)33-26(39)23-11-17(40-2)14-38(23)16-7-9-30-10-8-16/h4-6,12-13,15-17,23,30-31H,7-11,14H2,1-3H3,(H,33,39)(H,32,34,35)/t17-,23?/m0/s1. The van der Waals surface area contributed by atoms with Crippen LogP contribution in [0.25, 0.3) is 22.2 Å². The van der Waals surface area contributed by atoms with Gasteiger partial charge in [-0.3, -0.25) is 14.4 Å². The van der Waals surface area contributed by atoms with E-state index in [1.165, 1.54) is 7.11 Å². The zero-order valence-electron chi connectivity index (χ0n) is 23.3. The Balaban J connectivity index is 1.26. The van der Waals surface area contributed by atoms with Crippen LogP contribution >= 0.6 is 0 Å². The van der Waals surface area contributed by atoms with Crippen LogP contribution in [0.15, 0.2) is 36.8 Å². The number of aromatic amines is 1. The number of nitrogens with one attached hydrogen (secondary N) is 4. The fourth-order valence-corrected chi connectivity index (χ4v) is 5.90. The van der Waals surface area contributed by atoms with Gasteiger partial charge in [-0.05, 0) is 38.4 Å². The first-order chi connectivity index (χ1) is 19.9. The average Bonchev–Trinajstić information content (AvgIpc) is 3.71. The highest BCUT2D eigenvalue weighted by Crippen LogP contribution is 2.34. The van der Waals surface area contributed by atoms with Gasteiger partial charge < -0.3 is 30.4 Å². The van der Waals surface area contributed by atoms with Gasteiger partial charge in [-0.1, -0.05) is 12.1 Å². The minimum absolute atomic E-state index is 0.0173. The maximum Gasteiger partial charge on any atom is 0.256 e. The van der Waals surface area contributed by atoms with Crippen molar-refractivity contribution in [2.45, 2.75) is 37.5 Å². The lowest BCUT2D eigenvalue weighted by atomic mass is 10.0. The molecule has 6 rings (SSSR count). The van der Waals surface area contributed by atoms with Crippen molar-refractivity contribution in [3.63, 3.8) is 0 Å². The number of hydrogen-bond donors (Lipinski definition) is 4. The van der Waals surface area contributed by atoms with Crippen molar-refractivity contribution in [3.8, 4) is 17.1 Å². The first kappa shape index (κ1) is 27.1. The molecule has 0 spiro atoms. The Labute approximate surface area is 236 Å². The lowest BCUT2D eigenvalue weighted by molar-refractivity contribution is -0.121. The number of aromatic nitrogens is 5. The summed E-state index contributed by atoms with van der Waals surface area (Å²) in [5, 5.41) is 14.5. The molecule has 1 aromatic carbocycles. The van der Waals surface area contributed by atoms with Gasteiger partial charge in [0.05, 0.1) is 42.9 Å². The molecule has 3 aromatic heterocycles. The van der Waals surface area contributed by atoms with Crippen molar-refractivity contribution in [3.05, 3.63) is 42.6 Å². The number of nitrogens with zero attached hydrogens (tertiary/aromatic N) is 5. The molecule has 41 heavy (non-hydrogen) atoms. The number of hydrogen-bond acceptors (Lipinski definition) is 9. The molecule has 0 bridgehead atoms.